The maximum atomic E-state index is 11.1. The second-order valence-corrected chi connectivity index (χ2v) is 3.59. The molecular formula is C13H11NO3. The number of carbonyl (C=O) groups is 1. The van der Waals surface area contributed by atoms with E-state index >= 15 is 0 Å². The Morgan fingerprint density at radius 3 is 2.41 bits per heavy atom. The minimum atomic E-state index is -1.07. The van der Waals surface area contributed by atoms with Crippen molar-refractivity contribution in [2.45, 2.75) is 0 Å². The molecule has 4 heteroatoms. The molecule has 0 saturated carbocycles. The van der Waals surface area contributed by atoms with Gasteiger partial charge in [0, 0.05) is 16.8 Å². The summed E-state index contributed by atoms with van der Waals surface area (Å²) in [6, 6.07) is 11.1. The van der Waals surface area contributed by atoms with E-state index in [0.29, 0.717) is 16.8 Å². The number of rotatable bonds is 2. The average molecular weight is 229 g/mol. The van der Waals surface area contributed by atoms with E-state index < -0.39 is 5.97 Å². The number of anilines is 1. The van der Waals surface area contributed by atoms with E-state index in [9.17, 15) is 9.90 Å². The number of carboxylic acid groups (broad SMARTS) is 1. The highest BCUT2D eigenvalue weighted by Crippen LogP contribution is 2.35. The number of aromatic carboxylic acids is 1. The van der Waals surface area contributed by atoms with Gasteiger partial charge in [-0.2, -0.15) is 0 Å². The topological polar surface area (TPSA) is 83.6 Å². The first-order valence-electron chi connectivity index (χ1n) is 5.01. The Kier molecular flexibility index (Phi) is 2.70. The van der Waals surface area contributed by atoms with Gasteiger partial charge in [0.2, 0.25) is 0 Å². The smallest absolute Gasteiger partial charge is 0.336 e. The van der Waals surface area contributed by atoms with Crippen molar-refractivity contribution in [2.24, 2.45) is 0 Å². The third-order valence-corrected chi connectivity index (χ3v) is 2.50. The number of phenolic OH excluding ortho intramolecular Hbond substituents is 1. The molecule has 2 aromatic rings. The fourth-order valence-electron chi connectivity index (χ4n) is 1.73. The standard InChI is InChI=1S/C13H11NO3/c14-10-6-3-5-9(13(16)17)12(10)8-4-1-2-7-11(8)15/h1-7,15H,14H2,(H,16,17). The monoisotopic (exact) mass is 229 g/mol. The Balaban J connectivity index is 2.75. The summed E-state index contributed by atoms with van der Waals surface area (Å²) in [4.78, 5) is 11.1. The predicted molar refractivity (Wildman–Crippen MR) is 64.9 cm³/mol. The zero-order chi connectivity index (χ0) is 12.4. The van der Waals surface area contributed by atoms with Crippen molar-refractivity contribution in [1.29, 1.82) is 0 Å². The van der Waals surface area contributed by atoms with Gasteiger partial charge >= 0.3 is 5.97 Å². The molecule has 86 valence electrons. The second kappa shape index (κ2) is 4.17. The molecule has 0 spiro atoms. The van der Waals surface area contributed by atoms with E-state index in [4.69, 9.17) is 10.8 Å². The van der Waals surface area contributed by atoms with Crippen molar-refractivity contribution in [2.75, 3.05) is 5.73 Å². The van der Waals surface area contributed by atoms with Crippen LogP contribution < -0.4 is 5.73 Å². The number of nitrogens with two attached hydrogens (primary N) is 1. The quantitative estimate of drug-likeness (QED) is 0.690. The van der Waals surface area contributed by atoms with Gasteiger partial charge in [0.15, 0.2) is 0 Å². The molecule has 0 unspecified atom stereocenters. The zero-order valence-corrected chi connectivity index (χ0v) is 8.92. The van der Waals surface area contributed by atoms with Crippen LogP contribution in [0.1, 0.15) is 10.4 Å². The molecule has 4 nitrogen and oxygen atoms in total. The van der Waals surface area contributed by atoms with Gasteiger partial charge in [-0.1, -0.05) is 24.3 Å². The Morgan fingerprint density at radius 2 is 1.76 bits per heavy atom. The number of benzene rings is 2. The van der Waals surface area contributed by atoms with Gasteiger partial charge in [-0.25, -0.2) is 4.79 Å². The van der Waals surface area contributed by atoms with E-state index in [2.05, 4.69) is 0 Å². The Morgan fingerprint density at radius 1 is 1.06 bits per heavy atom. The Labute approximate surface area is 97.9 Å². The summed E-state index contributed by atoms with van der Waals surface area (Å²) >= 11 is 0. The van der Waals surface area contributed by atoms with Gasteiger partial charge < -0.3 is 15.9 Å². The second-order valence-electron chi connectivity index (χ2n) is 3.59. The van der Waals surface area contributed by atoms with Crippen LogP contribution in [0.25, 0.3) is 11.1 Å². The molecule has 0 radical (unpaired) electrons. The van der Waals surface area contributed by atoms with E-state index in [1.807, 2.05) is 0 Å². The van der Waals surface area contributed by atoms with Crippen molar-refractivity contribution in [3.63, 3.8) is 0 Å². The molecule has 0 heterocycles. The van der Waals surface area contributed by atoms with Crippen LogP contribution in [0.3, 0.4) is 0 Å². The number of hydrogen-bond acceptors (Lipinski definition) is 3. The zero-order valence-electron chi connectivity index (χ0n) is 8.92. The highest BCUT2D eigenvalue weighted by Gasteiger charge is 2.16. The normalized spacial score (nSPS) is 10.1. The van der Waals surface area contributed by atoms with Gasteiger partial charge in [0.1, 0.15) is 5.75 Å². The van der Waals surface area contributed by atoms with Crippen molar-refractivity contribution in [3.05, 3.63) is 48.0 Å². The SMILES string of the molecule is Nc1cccc(C(=O)O)c1-c1ccccc1O. The van der Waals surface area contributed by atoms with Crippen LogP contribution in [-0.4, -0.2) is 16.2 Å². The lowest BCUT2D eigenvalue weighted by molar-refractivity contribution is 0.0698. The molecule has 0 atom stereocenters. The molecule has 0 aromatic heterocycles. The molecule has 0 amide bonds. The van der Waals surface area contributed by atoms with Crippen LogP contribution in [0.5, 0.6) is 5.75 Å². The molecule has 17 heavy (non-hydrogen) atoms. The summed E-state index contributed by atoms with van der Waals surface area (Å²) in [6.45, 7) is 0. The first-order chi connectivity index (χ1) is 8.11. The highest BCUT2D eigenvalue weighted by atomic mass is 16.4. The highest BCUT2D eigenvalue weighted by molar-refractivity contribution is 6.00. The summed E-state index contributed by atoms with van der Waals surface area (Å²) in [5, 5.41) is 18.9. The molecule has 2 aromatic carbocycles. The fourth-order valence-corrected chi connectivity index (χ4v) is 1.73. The van der Waals surface area contributed by atoms with Gasteiger partial charge in [0.05, 0.1) is 5.56 Å². The first-order valence-corrected chi connectivity index (χ1v) is 5.01. The minimum Gasteiger partial charge on any atom is -0.507 e. The van der Waals surface area contributed by atoms with Gasteiger partial charge in [0.25, 0.3) is 0 Å². The lowest BCUT2D eigenvalue weighted by Gasteiger charge is -2.10. The summed E-state index contributed by atoms with van der Waals surface area (Å²) in [7, 11) is 0. The van der Waals surface area contributed by atoms with Crippen LogP contribution in [-0.2, 0) is 0 Å². The molecular weight excluding hydrogens is 218 g/mol. The number of nitrogen functional groups attached to an aromatic ring is 1. The number of hydrogen-bond donors (Lipinski definition) is 3. The van der Waals surface area contributed by atoms with Crippen LogP contribution in [0.15, 0.2) is 42.5 Å². The minimum absolute atomic E-state index is 0.00731. The summed E-state index contributed by atoms with van der Waals surface area (Å²) in [5.74, 6) is -1.07. The van der Waals surface area contributed by atoms with E-state index in [1.165, 1.54) is 12.1 Å². The Bertz CT molecular complexity index is 579. The maximum Gasteiger partial charge on any atom is 0.336 e. The largest absolute Gasteiger partial charge is 0.507 e. The van der Waals surface area contributed by atoms with Crippen molar-refractivity contribution in [3.8, 4) is 16.9 Å². The fraction of sp³-hybridized carbons (Fsp3) is 0. The van der Waals surface area contributed by atoms with Gasteiger partial charge in [-0.05, 0) is 18.2 Å². The summed E-state index contributed by atoms with van der Waals surface area (Å²) < 4.78 is 0. The molecule has 0 bridgehead atoms. The van der Waals surface area contributed by atoms with Gasteiger partial charge in [-0.15, -0.1) is 0 Å². The van der Waals surface area contributed by atoms with Crippen LogP contribution in [0.4, 0.5) is 5.69 Å². The molecule has 0 aliphatic carbocycles. The summed E-state index contributed by atoms with van der Waals surface area (Å²) in [6.07, 6.45) is 0. The third-order valence-electron chi connectivity index (χ3n) is 2.50. The molecule has 0 aliphatic rings. The van der Waals surface area contributed by atoms with Crippen molar-refractivity contribution < 1.29 is 15.0 Å². The van der Waals surface area contributed by atoms with E-state index in [0.717, 1.165) is 0 Å². The lowest BCUT2D eigenvalue weighted by atomic mass is 9.97. The molecule has 4 N–H and O–H groups in total. The van der Waals surface area contributed by atoms with Crippen molar-refractivity contribution >= 4 is 11.7 Å². The van der Waals surface area contributed by atoms with Gasteiger partial charge in [-0.3, -0.25) is 0 Å². The first kappa shape index (κ1) is 11.0. The third kappa shape index (κ3) is 1.92. The van der Waals surface area contributed by atoms with Crippen molar-refractivity contribution in [1.82, 2.24) is 0 Å². The maximum absolute atomic E-state index is 11.1. The van der Waals surface area contributed by atoms with E-state index in [1.54, 1.807) is 30.3 Å². The number of aromatic hydroxyl groups is 1. The average Bonchev–Trinajstić information content (AvgIpc) is 2.30. The molecule has 2 rings (SSSR count). The molecule has 0 fully saturated rings. The van der Waals surface area contributed by atoms with E-state index in [-0.39, 0.29) is 11.3 Å². The van der Waals surface area contributed by atoms with Crippen LogP contribution in [0, 0.1) is 0 Å². The number of phenols is 1. The number of carboxylic acids is 1. The summed E-state index contributed by atoms with van der Waals surface area (Å²) in [5.41, 5.74) is 6.95. The van der Waals surface area contributed by atoms with Crippen LogP contribution in [0.2, 0.25) is 0 Å². The molecule has 0 saturated heterocycles. The van der Waals surface area contributed by atoms with Crippen LogP contribution >= 0.6 is 0 Å². The predicted octanol–water partition coefficient (Wildman–Crippen LogP) is 2.34. The lowest BCUT2D eigenvalue weighted by Crippen LogP contribution is -2.02. The number of para-hydroxylation sites is 1. The molecule has 0 aliphatic heterocycles. The Hall–Kier alpha value is -2.49.